The van der Waals surface area contributed by atoms with Gasteiger partial charge < -0.3 is 14.4 Å². The fourth-order valence-corrected chi connectivity index (χ4v) is 4.06. The number of carbonyl (C=O) groups is 2. The first kappa shape index (κ1) is 20.9. The zero-order chi connectivity index (χ0) is 21.3. The number of carbonyl (C=O) groups excluding carboxylic acids is 2. The summed E-state index contributed by atoms with van der Waals surface area (Å²) in [6.07, 6.45) is 0.963. The van der Waals surface area contributed by atoms with Crippen molar-refractivity contribution < 1.29 is 19.1 Å². The van der Waals surface area contributed by atoms with Gasteiger partial charge in [-0.2, -0.15) is 0 Å². The van der Waals surface area contributed by atoms with Gasteiger partial charge in [0.05, 0.1) is 19.9 Å². The number of ketones is 1. The number of methoxy groups -OCH3 is 2. The molecule has 2 atom stereocenters. The summed E-state index contributed by atoms with van der Waals surface area (Å²) in [5, 5.41) is 0. The van der Waals surface area contributed by atoms with Gasteiger partial charge in [0.15, 0.2) is 17.3 Å². The lowest BCUT2D eigenvalue weighted by Gasteiger charge is -2.36. The Hall–Kier alpha value is -2.82. The van der Waals surface area contributed by atoms with E-state index in [0.29, 0.717) is 23.0 Å². The Morgan fingerprint density at radius 2 is 1.66 bits per heavy atom. The van der Waals surface area contributed by atoms with Crippen molar-refractivity contribution in [1.82, 2.24) is 0 Å². The van der Waals surface area contributed by atoms with E-state index in [2.05, 4.69) is 13.8 Å². The van der Waals surface area contributed by atoms with E-state index in [1.165, 1.54) is 5.56 Å². The molecular formula is C24H29NO4. The average molecular weight is 395 g/mol. The molecule has 2 unspecified atom stereocenters. The minimum Gasteiger partial charge on any atom is -0.493 e. The highest BCUT2D eigenvalue weighted by Crippen LogP contribution is 2.45. The molecule has 1 aliphatic rings. The number of amides is 1. The highest BCUT2D eigenvalue weighted by atomic mass is 16.5. The van der Waals surface area contributed by atoms with E-state index < -0.39 is 5.92 Å². The molecule has 3 rings (SSSR count). The molecule has 0 aliphatic carbocycles. The number of hydrogen-bond donors (Lipinski definition) is 0. The molecule has 0 N–H and O–H groups in total. The second-order valence-electron chi connectivity index (χ2n) is 8.09. The molecule has 1 aliphatic heterocycles. The largest absolute Gasteiger partial charge is 0.493 e. The highest BCUT2D eigenvalue weighted by molar-refractivity contribution is 6.16. The van der Waals surface area contributed by atoms with Crippen LogP contribution in [0.3, 0.4) is 0 Å². The smallest absolute Gasteiger partial charge is 0.238 e. The summed E-state index contributed by atoms with van der Waals surface area (Å²) in [6, 6.07) is 11.3. The van der Waals surface area contributed by atoms with Crippen LogP contribution in [0.2, 0.25) is 0 Å². The van der Waals surface area contributed by atoms with Crippen LogP contribution in [-0.4, -0.2) is 33.0 Å². The number of hydrogen-bond acceptors (Lipinski definition) is 4. The van der Waals surface area contributed by atoms with Crippen LogP contribution in [0.1, 0.15) is 48.2 Å². The number of fused-ring (bicyclic) bond motifs is 1. The van der Waals surface area contributed by atoms with E-state index in [0.717, 1.165) is 17.7 Å². The molecule has 29 heavy (non-hydrogen) atoms. The molecule has 1 heterocycles. The summed E-state index contributed by atoms with van der Waals surface area (Å²) >= 11 is 0. The molecule has 2 aromatic rings. The Labute approximate surface area is 172 Å². The molecule has 0 spiro atoms. The number of anilines is 1. The third kappa shape index (κ3) is 3.86. The molecule has 2 aromatic carbocycles. The Morgan fingerprint density at radius 1 is 1.07 bits per heavy atom. The van der Waals surface area contributed by atoms with Gasteiger partial charge in [0, 0.05) is 24.6 Å². The first-order valence-corrected chi connectivity index (χ1v) is 9.95. The fourth-order valence-electron chi connectivity index (χ4n) is 4.06. The van der Waals surface area contributed by atoms with Gasteiger partial charge >= 0.3 is 0 Å². The van der Waals surface area contributed by atoms with Crippen LogP contribution in [0.15, 0.2) is 36.4 Å². The van der Waals surface area contributed by atoms with E-state index in [1.54, 1.807) is 32.2 Å². The fraction of sp³-hybridized carbons (Fsp3) is 0.417. The van der Waals surface area contributed by atoms with Crippen molar-refractivity contribution in [2.24, 2.45) is 11.8 Å². The third-order valence-corrected chi connectivity index (χ3v) is 5.65. The van der Waals surface area contributed by atoms with Crippen molar-refractivity contribution in [3.63, 3.8) is 0 Å². The maximum atomic E-state index is 13.3. The zero-order valence-electron chi connectivity index (χ0n) is 18.0. The monoisotopic (exact) mass is 395 g/mol. The Kier molecular flexibility index (Phi) is 5.96. The number of Topliss-reactive ketones (excluding diaryl/α,β-unsaturated/α-hetero) is 1. The van der Waals surface area contributed by atoms with Crippen LogP contribution in [0.5, 0.6) is 11.5 Å². The van der Waals surface area contributed by atoms with Gasteiger partial charge in [0.1, 0.15) is 5.92 Å². The SMILES string of the molecule is COc1cc2c(cc1OC)N(C)C(=O)C(C(=O)c1ccc(CC(C)C)cc1)C2C. The molecular weight excluding hydrogens is 366 g/mol. The zero-order valence-corrected chi connectivity index (χ0v) is 18.0. The molecule has 5 nitrogen and oxygen atoms in total. The molecule has 154 valence electrons. The van der Waals surface area contributed by atoms with Crippen LogP contribution in [0, 0.1) is 11.8 Å². The molecule has 0 saturated heterocycles. The van der Waals surface area contributed by atoms with E-state index in [-0.39, 0.29) is 17.6 Å². The van der Waals surface area contributed by atoms with E-state index >= 15 is 0 Å². The van der Waals surface area contributed by atoms with Gasteiger partial charge in [-0.3, -0.25) is 9.59 Å². The Bertz CT molecular complexity index is 917. The van der Waals surface area contributed by atoms with Crippen molar-refractivity contribution in [1.29, 1.82) is 0 Å². The first-order chi connectivity index (χ1) is 13.8. The Morgan fingerprint density at radius 3 is 2.21 bits per heavy atom. The summed E-state index contributed by atoms with van der Waals surface area (Å²) in [7, 11) is 4.84. The first-order valence-electron chi connectivity index (χ1n) is 9.95. The van der Waals surface area contributed by atoms with Gasteiger partial charge in [-0.25, -0.2) is 0 Å². The number of ether oxygens (including phenoxy) is 2. The normalized spacial score (nSPS) is 18.6. The third-order valence-electron chi connectivity index (χ3n) is 5.65. The molecule has 0 saturated carbocycles. The van der Waals surface area contributed by atoms with Crippen molar-refractivity contribution in [2.45, 2.75) is 33.1 Å². The molecule has 0 fully saturated rings. The summed E-state index contributed by atoms with van der Waals surface area (Å²) in [6.45, 7) is 6.25. The molecule has 1 amide bonds. The van der Waals surface area contributed by atoms with Crippen molar-refractivity contribution in [3.8, 4) is 11.5 Å². The second kappa shape index (κ2) is 8.27. The van der Waals surface area contributed by atoms with Crippen LogP contribution in [-0.2, 0) is 11.2 Å². The van der Waals surface area contributed by atoms with Gasteiger partial charge in [-0.15, -0.1) is 0 Å². The quantitative estimate of drug-likeness (QED) is 0.534. The topological polar surface area (TPSA) is 55.8 Å². The lowest BCUT2D eigenvalue weighted by Crippen LogP contribution is -2.44. The van der Waals surface area contributed by atoms with Gasteiger partial charge in [0.2, 0.25) is 5.91 Å². The van der Waals surface area contributed by atoms with E-state index in [1.807, 2.05) is 37.3 Å². The average Bonchev–Trinajstić information content (AvgIpc) is 2.71. The number of benzene rings is 2. The van der Waals surface area contributed by atoms with Crippen LogP contribution in [0.25, 0.3) is 0 Å². The van der Waals surface area contributed by atoms with Crippen molar-refractivity contribution >= 4 is 17.4 Å². The van der Waals surface area contributed by atoms with Gasteiger partial charge in [0.25, 0.3) is 0 Å². The van der Waals surface area contributed by atoms with Crippen LogP contribution in [0.4, 0.5) is 5.69 Å². The highest BCUT2D eigenvalue weighted by Gasteiger charge is 2.42. The van der Waals surface area contributed by atoms with Crippen LogP contribution < -0.4 is 14.4 Å². The molecule has 0 aromatic heterocycles. The summed E-state index contributed by atoms with van der Waals surface area (Å²) in [4.78, 5) is 27.9. The Balaban J connectivity index is 1.96. The number of nitrogens with zero attached hydrogens (tertiary/aromatic N) is 1. The maximum absolute atomic E-state index is 13.3. The minimum atomic E-state index is -0.762. The van der Waals surface area contributed by atoms with Crippen molar-refractivity contribution in [3.05, 3.63) is 53.1 Å². The molecule has 5 heteroatoms. The maximum Gasteiger partial charge on any atom is 0.238 e. The summed E-state index contributed by atoms with van der Waals surface area (Å²) < 4.78 is 10.8. The molecule has 0 radical (unpaired) electrons. The predicted octanol–water partition coefficient (Wildman–Crippen LogP) is 4.48. The lowest BCUT2D eigenvalue weighted by molar-refractivity contribution is -0.121. The lowest BCUT2D eigenvalue weighted by atomic mass is 9.77. The summed E-state index contributed by atoms with van der Waals surface area (Å²) in [5.74, 6) is 0.319. The second-order valence-corrected chi connectivity index (χ2v) is 8.09. The minimum absolute atomic E-state index is 0.147. The summed E-state index contributed by atoms with van der Waals surface area (Å²) in [5.41, 5.74) is 3.41. The van der Waals surface area contributed by atoms with E-state index in [9.17, 15) is 9.59 Å². The number of rotatable bonds is 6. The van der Waals surface area contributed by atoms with Gasteiger partial charge in [-0.1, -0.05) is 45.0 Å². The predicted molar refractivity (Wildman–Crippen MR) is 114 cm³/mol. The van der Waals surface area contributed by atoms with Gasteiger partial charge in [-0.05, 0) is 29.5 Å². The molecule has 0 bridgehead atoms. The van der Waals surface area contributed by atoms with Crippen molar-refractivity contribution in [2.75, 3.05) is 26.2 Å². The van der Waals surface area contributed by atoms with Crippen LogP contribution >= 0.6 is 0 Å². The standard InChI is InChI=1S/C24H29NO4/c1-14(2)11-16-7-9-17(10-8-16)23(26)22-15(3)18-12-20(28-5)21(29-6)13-19(18)25(4)24(22)27/h7-10,12-15,22H,11H2,1-6H3. The van der Waals surface area contributed by atoms with E-state index in [4.69, 9.17) is 9.47 Å².